The maximum atomic E-state index is 12.9. The Morgan fingerprint density at radius 3 is 2.56 bits per heavy atom. The predicted molar refractivity (Wildman–Crippen MR) is 92.8 cm³/mol. The molecule has 2 heterocycles. The van der Waals surface area contributed by atoms with Crippen LogP contribution in [0.3, 0.4) is 0 Å². The number of nitrogens with zero attached hydrogens (tertiary/aromatic N) is 3. The van der Waals surface area contributed by atoms with E-state index in [9.17, 15) is 4.79 Å². The molecule has 0 spiro atoms. The minimum absolute atomic E-state index is 0.0217. The normalized spacial score (nSPS) is 17.4. The Bertz CT molecular complexity index is 848. The van der Waals surface area contributed by atoms with Crippen molar-refractivity contribution in [3.8, 4) is 11.4 Å². The van der Waals surface area contributed by atoms with Gasteiger partial charge < -0.3 is 14.7 Å². The van der Waals surface area contributed by atoms with E-state index in [1.165, 1.54) is 0 Å². The molecule has 2 aromatic carbocycles. The van der Waals surface area contributed by atoms with Crippen molar-refractivity contribution in [1.82, 2.24) is 20.4 Å². The molecule has 1 unspecified atom stereocenters. The van der Waals surface area contributed by atoms with Crippen LogP contribution in [0.25, 0.3) is 11.4 Å². The maximum absolute atomic E-state index is 12.9. The van der Waals surface area contributed by atoms with E-state index in [0.29, 0.717) is 30.4 Å². The van der Waals surface area contributed by atoms with E-state index in [4.69, 9.17) is 4.52 Å². The van der Waals surface area contributed by atoms with E-state index in [1.807, 2.05) is 60.7 Å². The van der Waals surface area contributed by atoms with Crippen LogP contribution in [0, 0.1) is 0 Å². The Labute approximate surface area is 145 Å². The number of benzene rings is 2. The molecule has 0 aliphatic carbocycles. The number of carbonyl (C=O) groups excluding carboxylic acids is 1. The lowest BCUT2D eigenvalue weighted by atomic mass is 10.1. The molecule has 0 radical (unpaired) electrons. The summed E-state index contributed by atoms with van der Waals surface area (Å²) in [6.07, 6.45) is 0. The molecule has 4 rings (SSSR count). The van der Waals surface area contributed by atoms with Crippen LogP contribution in [0.4, 0.5) is 0 Å². The summed E-state index contributed by atoms with van der Waals surface area (Å²) in [6, 6.07) is 18.7. The molecule has 1 saturated heterocycles. The van der Waals surface area contributed by atoms with Crippen LogP contribution in [0.1, 0.15) is 22.3 Å². The smallest absolute Gasteiger partial charge is 0.254 e. The van der Waals surface area contributed by atoms with Gasteiger partial charge in [0.1, 0.15) is 6.04 Å². The summed E-state index contributed by atoms with van der Waals surface area (Å²) in [5.41, 5.74) is 1.56. The highest BCUT2D eigenvalue weighted by Gasteiger charge is 2.32. The van der Waals surface area contributed by atoms with Gasteiger partial charge in [0.25, 0.3) is 11.8 Å². The number of hydrogen-bond donors (Lipinski definition) is 1. The summed E-state index contributed by atoms with van der Waals surface area (Å²) in [7, 11) is 0. The number of hydrogen-bond acceptors (Lipinski definition) is 5. The first-order valence-corrected chi connectivity index (χ1v) is 8.29. The lowest BCUT2D eigenvalue weighted by molar-refractivity contribution is 0.0589. The third-order valence-electron chi connectivity index (χ3n) is 4.28. The van der Waals surface area contributed by atoms with Crippen LogP contribution in [0.2, 0.25) is 0 Å². The predicted octanol–water partition coefficient (Wildman–Crippen LogP) is 2.52. The number of amides is 1. The minimum Gasteiger partial charge on any atom is -0.337 e. The van der Waals surface area contributed by atoms with E-state index < -0.39 is 0 Å². The topological polar surface area (TPSA) is 71.3 Å². The van der Waals surface area contributed by atoms with Crippen LogP contribution in [0.5, 0.6) is 0 Å². The molecule has 1 aromatic heterocycles. The van der Waals surface area contributed by atoms with E-state index in [2.05, 4.69) is 15.5 Å². The molecule has 1 amide bonds. The molecule has 126 valence electrons. The van der Waals surface area contributed by atoms with Crippen LogP contribution < -0.4 is 5.32 Å². The second-order valence-corrected chi connectivity index (χ2v) is 5.91. The Hall–Kier alpha value is -2.99. The molecule has 1 aliphatic rings. The standard InChI is InChI=1S/C19H18N4O2/c24-19(15-9-5-2-6-10-15)23-12-11-20-13-16(23)18-21-17(22-25-18)14-7-3-1-4-8-14/h1-10,16,20H,11-13H2. The average Bonchev–Trinajstić information content (AvgIpc) is 3.19. The van der Waals surface area contributed by atoms with Gasteiger partial charge in [0.2, 0.25) is 5.82 Å². The van der Waals surface area contributed by atoms with E-state index in [0.717, 1.165) is 12.1 Å². The summed E-state index contributed by atoms with van der Waals surface area (Å²) in [5.74, 6) is 0.968. The monoisotopic (exact) mass is 334 g/mol. The zero-order valence-corrected chi connectivity index (χ0v) is 13.6. The molecular weight excluding hydrogens is 316 g/mol. The second-order valence-electron chi connectivity index (χ2n) is 5.91. The number of piperazine rings is 1. The van der Waals surface area contributed by atoms with E-state index in [-0.39, 0.29) is 11.9 Å². The summed E-state index contributed by atoms with van der Waals surface area (Å²) in [4.78, 5) is 19.2. The van der Waals surface area contributed by atoms with Crippen LogP contribution in [-0.4, -0.2) is 40.6 Å². The van der Waals surface area contributed by atoms with Gasteiger partial charge in [0, 0.05) is 30.8 Å². The lowest BCUT2D eigenvalue weighted by Crippen LogP contribution is -2.48. The average molecular weight is 334 g/mol. The van der Waals surface area contributed by atoms with Gasteiger partial charge in [-0.25, -0.2) is 0 Å². The zero-order chi connectivity index (χ0) is 17.1. The van der Waals surface area contributed by atoms with Gasteiger partial charge in [-0.1, -0.05) is 53.7 Å². The number of aromatic nitrogens is 2. The summed E-state index contributed by atoms with van der Waals surface area (Å²) in [6.45, 7) is 1.94. The highest BCUT2D eigenvalue weighted by Crippen LogP contribution is 2.25. The molecule has 1 atom stereocenters. The Morgan fingerprint density at radius 2 is 1.80 bits per heavy atom. The minimum atomic E-state index is -0.272. The van der Waals surface area contributed by atoms with Gasteiger partial charge in [0.15, 0.2) is 0 Å². The molecule has 1 aliphatic heterocycles. The molecule has 1 fully saturated rings. The first-order chi connectivity index (χ1) is 12.3. The largest absolute Gasteiger partial charge is 0.337 e. The Morgan fingerprint density at radius 1 is 1.08 bits per heavy atom. The Balaban J connectivity index is 1.62. The first kappa shape index (κ1) is 15.5. The van der Waals surface area contributed by atoms with Crippen molar-refractivity contribution in [2.45, 2.75) is 6.04 Å². The Kier molecular flexibility index (Phi) is 4.26. The molecule has 0 bridgehead atoms. The van der Waals surface area contributed by atoms with Gasteiger partial charge in [-0.3, -0.25) is 4.79 Å². The SMILES string of the molecule is O=C(c1ccccc1)N1CCNCC1c1nc(-c2ccccc2)no1. The van der Waals surface area contributed by atoms with Gasteiger partial charge in [-0.05, 0) is 12.1 Å². The van der Waals surface area contributed by atoms with E-state index in [1.54, 1.807) is 4.90 Å². The number of rotatable bonds is 3. The highest BCUT2D eigenvalue weighted by molar-refractivity contribution is 5.94. The van der Waals surface area contributed by atoms with Crippen molar-refractivity contribution < 1.29 is 9.32 Å². The summed E-state index contributed by atoms with van der Waals surface area (Å²) >= 11 is 0. The third-order valence-corrected chi connectivity index (χ3v) is 4.28. The second kappa shape index (κ2) is 6.86. The van der Waals surface area contributed by atoms with Crippen LogP contribution >= 0.6 is 0 Å². The van der Waals surface area contributed by atoms with Crippen molar-refractivity contribution in [3.05, 3.63) is 72.1 Å². The highest BCUT2D eigenvalue weighted by atomic mass is 16.5. The molecule has 1 N–H and O–H groups in total. The van der Waals surface area contributed by atoms with Crippen LogP contribution in [-0.2, 0) is 0 Å². The number of nitrogens with one attached hydrogen (secondary N) is 1. The van der Waals surface area contributed by atoms with Crippen LogP contribution in [0.15, 0.2) is 65.2 Å². The van der Waals surface area contributed by atoms with Gasteiger partial charge >= 0.3 is 0 Å². The van der Waals surface area contributed by atoms with Crippen molar-refractivity contribution in [2.24, 2.45) is 0 Å². The van der Waals surface area contributed by atoms with Crippen molar-refractivity contribution >= 4 is 5.91 Å². The third kappa shape index (κ3) is 3.16. The molecule has 6 nitrogen and oxygen atoms in total. The molecular formula is C19H18N4O2. The molecule has 3 aromatic rings. The maximum Gasteiger partial charge on any atom is 0.254 e. The fraction of sp³-hybridized carbons (Fsp3) is 0.211. The summed E-state index contributed by atoms with van der Waals surface area (Å²) in [5, 5.41) is 7.37. The molecule has 6 heteroatoms. The van der Waals surface area contributed by atoms with Crippen molar-refractivity contribution in [2.75, 3.05) is 19.6 Å². The fourth-order valence-corrected chi connectivity index (χ4v) is 2.99. The molecule has 0 saturated carbocycles. The first-order valence-electron chi connectivity index (χ1n) is 8.29. The lowest BCUT2D eigenvalue weighted by Gasteiger charge is -2.34. The zero-order valence-electron chi connectivity index (χ0n) is 13.6. The summed E-state index contributed by atoms with van der Waals surface area (Å²) < 4.78 is 5.48. The quantitative estimate of drug-likeness (QED) is 0.797. The van der Waals surface area contributed by atoms with Crippen molar-refractivity contribution in [3.63, 3.8) is 0 Å². The van der Waals surface area contributed by atoms with E-state index >= 15 is 0 Å². The van der Waals surface area contributed by atoms with Gasteiger partial charge in [0.05, 0.1) is 0 Å². The van der Waals surface area contributed by atoms with Crippen molar-refractivity contribution in [1.29, 1.82) is 0 Å². The fourth-order valence-electron chi connectivity index (χ4n) is 2.99. The number of carbonyl (C=O) groups is 1. The molecule has 25 heavy (non-hydrogen) atoms. The van der Waals surface area contributed by atoms with Gasteiger partial charge in [-0.2, -0.15) is 4.98 Å². The van der Waals surface area contributed by atoms with Gasteiger partial charge in [-0.15, -0.1) is 0 Å².